The molecule has 5 aromatic rings. The summed E-state index contributed by atoms with van der Waals surface area (Å²) in [6, 6.07) is 19.3. The Labute approximate surface area is 132 Å². The summed E-state index contributed by atoms with van der Waals surface area (Å²) in [5, 5.41) is 5.07. The molecule has 1 N–H and O–H groups in total. The maximum absolute atomic E-state index is 4.38. The second kappa shape index (κ2) is 4.65. The fraction of sp³-hybridized carbons (Fsp3) is 0. The van der Waals surface area contributed by atoms with E-state index in [0.717, 1.165) is 22.3 Å². The average Bonchev–Trinajstić information content (AvgIpc) is 3.00. The topological polar surface area (TPSA) is 41.6 Å². The number of fused-ring (bicyclic) bond motifs is 5. The van der Waals surface area contributed by atoms with E-state index in [9.17, 15) is 0 Å². The highest BCUT2D eigenvalue weighted by atomic mass is 14.8. The Morgan fingerprint density at radius 2 is 1.74 bits per heavy atom. The number of hydrogen-bond acceptors (Lipinski definition) is 2. The lowest BCUT2D eigenvalue weighted by atomic mass is 10.0. The zero-order valence-corrected chi connectivity index (χ0v) is 12.3. The molecular weight excluding hydrogens is 282 g/mol. The standard InChI is InChI=1S/C20H13N3/c1-2-4-15-13(3-1)6-8-17-20(15)16-7-5-14(11-18(16)23-17)19-12-21-9-10-22-19/h1-12,23H. The number of rotatable bonds is 1. The molecule has 2 heterocycles. The van der Waals surface area contributed by atoms with Crippen LogP contribution in [0.5, 0.6) is 0 Å². The zero-order chi connectivity index (χ0) is 15.2. The van der Waals surface area contributed by atoms with Crippen molar-refractivity contribution in [1.82, 2.24) is 15.0 Å². The van der Waals surface area contributed by atoms with Gasteiger partial charge in [0.25, 0.3) is 0 Å². The van der Waals surface area contributed by atoms with Crippen molar-refractivity contribution in [3.63, 3.8) is 0 Å². The van der Waals surface area contributed by atoms with Crippen molar-refractivity contribution >= 4 is 32.6 Å². The van der Waals surface area contributed by atoms with Crippen molar-refractivity contribution in [2.45, 2.75) is 0 Å². The van der Waals surface area contributed by atoms with Crippen molar-refractivity contribution in [3.8, 4) is 11.3 Å². The minimum Gasteiger partial charge on any atom is -0.354 e. The average molecular weight is 295 g/mol. The molecule has 0 aliphatic heterocycles. The van der Waals surface area contributed by atoms with Gasteiger partial charge in [0.2, 0.25) is 0 Å². The lowest BCUT2D eigenvalue weighted by molar-refractivity contribution is 1.21. The molecule has 3 nitrogen and oxygen atoms in total. The molecule has 0 saturated carbocycles. The molecule has 0 aliphatic carbocycles. The Morgan fingerprint density at radius 1 is 0.783 bits per heavy atom. The van der Waals surface area contributed by atoms with Crippen molar-refractivity contribution in [2.24, 2.45) is 0 Å². The Balaban J connectivity index is 1.85. The first-order chi connectivity index (χ1) is 11.4. The van der Waals surface area contributed by atoms with E-state index in [1.54, 1.807) is 18.6 Å². The van der Waals surface area contributed by atoms with Crippen molar-refractivity contribution in [2.75, 3.05) is 0 Å². The van der Waals surface area contributed by atoms with Gasteiger partial charge in [-0.2, -0.15) is 0 Å². The van der Waals surface area contributed by atoms with E-state index in [1.807, 2.05) is 0 Å². The fourth-order valence-electron chi connectivity index (χ4n) is 3.28. The number of benzene rings is 3. The molecule has 23 heavy (non-hydrogen) atoms. The summed E-state index contributed by atoms with van der Waals surface area (Å²) in [5.41, 5.74) is 4.24. The van der Waals surface area contributed by atoms with Crippen LogP contribution in [0.4, 0.5) is 0 Å². The van der Waals surface area contributed by atoms with Crippen LogP contribution in [-0.2, 0) is 0 Å². The SMILES string of the molecule is c1ccc2c(c1)ccc1[nH]c3cc(-c4cnccn4)ccc3c12. The highest BCUT2D eigenvalue weighted by molar-refractivity contribution is 6.20. The monoisotopic (exact) mass is 295 g/mol. The minimum absolute atomic E-state index is 0.887. The van der Waals surface area contributed by atoms with Gasteiger partial charge < -0.3 is 4.98 Å². The largest absolute Gasteiger partial charge is 0.354 e. The van der Waals surface area contributed by atoms with E-state index < -0.39 is 0 Å². The summed E-state index contributed by atoms with van der Waals surface area (Å²) < 4.78 is 0. The Bertz CT molecular complexity index is 1160. The number of nitrogens with zero attached hydrogens (tertiary/aromatic N) is 2. The molecule has 2 aromatic heterocycles. The van der Waals surface area contributed by atoms with Crippen LogP contribution in [0, 0.1) is 0 Å². The van der Waals surface area contributed by atoms with Crippen LogP contribution in [0.15, 0.2) is 73.2 Å². The molecule has 0 atom stereocenters. The van der Waals surface area contributed by atoms with Gasteiger partial charge in [-0.05, 0) is 22.9 Å². The van der Waals surface area contributed by atoms with E-state index in [4.69, 9.17) is 0 Å². The van der Waals surface area contributed by atoms with Gasteiger partial charge in [-0.3, -0.25) is 9.97 Å². The molecular formula is C20H13N3. The zero-order valence-electron chi connectivity index (χ0n) is 12.3. The Hall–Kier alpha value is -3.20. The number of aromatic nitrogens is 3. The van der Waals surface area contributed by atoms with E-state index in [1.165, 1.54) is 21.5 Å². The fourth-order valence-corrected chi connectivity index (χ4v) is 3.28. The van der Waals surface area contributed by atoms with Crippen LogP contribution in [0.3, 0.4) is 0 Å². The van der Waals surface area contributed by atoms with Crippen molar-refractivity contribution in [3.05, 3.63) is 73.2 Å². The third-order valence-electron chi connectivity index (χ3n) is 4.35. The summed E-state index contributed by atoms with van der Waals surface area (Å²) in [7, 11) is 0. The van der Waals surface area contributed by atoms with Crippen LogP contribution in [0.2, 0.25) is 0 Å². The van der Waals surface area contributed by atoms with Gasteiger partial charge in [0.05, 0.1) is 11.9 Å². The molecule has 0 saturated heterocycles. The van der Waals surface area contributed by atoms with Gasteiger partial charge >= 0.3 is 0 Å². The lowest BCUT2D eigenvalue weighted by Crippen LogP contribution is -1.83. The van der Waals surface area contributed by atoms with Gasteiger partial charge in [-0.25, -0.2) is 0 Å². The van der Waals surface area contributed by atoms with E-state index in [0.29, 0.717) is 0 Å². The molecule has 0 unspecified atom stereocenters. The molecule has 0 amide bonds. The van der Waals surface area contributed by atoms with Crippen molar-refractivity contribution < 1.29 is 0 Å². The van der Waals surface area contributed by atoms with Crippen LogP contribution in [-0.4, -0.2) is 15.0 Å². The molecule has 0 spiro atoms. The van der Waals surface area contributed by atoms with E-state index >= 15 is 0 Å². The smallest absolute Gasteiger partial charge is 0.0885 e. The van der Waals surface area contributed by atoms with Gasteiger partial charge in [0.1, 0.15) is 0 Å². The van der Waals surface area contributed by atoms with Gasteiger partial charge in [-0.15, -0.1) is 0 Å². The third kappa shape index (κ3) is 1.83. The Morgan fingerprint density at radius 3 is 2.65 bits per heavy atom. The first-order valence-electron chi connectivity index (χ1n) is 7.60. The lowest BCUT2D eigenvalue weighted by Gasteiger charge is -2.01. The summed E-state index contributed by atoms with van der Waals surface area (Å²) >= 11 is 0. The summed E-state index contributed by atoms with van der Waals surface area (Å²) in [4.78, 5) is 12.1. The Kier molecular flexibility index (Phi) is 2.50. The molecule has 0 bridgehead atoms. The highest BCUT2D eigenvalue weighted by Crippen LogP contribution is 2.33. The molecule has 0 aliphatic rings. The third-order valence-corrected chi connectivity index (χ3v) is 4.35. The molecule has 3 aromatic carbocycles. The molecule has 0 fully saturated rings. The van der Waals surface area contributed by atoms with Gasteiger partial charge in [0.15, 0.2) is 0 Å². The second-order valence-electron chi connectivity index (χ2n) is 5.69. The predicted molar refractivity (Wildman–Crippen MR) is 94.3 cm³/mol. The first kappa shape index (κ1) is 12.4. The molecule has 5 rings (SSSR count). The van der Waals surface area contributed by atoms with Crippen molar-refractivity contribution in [1.29, 1.82) is 0 Å². The van der Waals surface area contributed by atoms with Crippen LogP contribution in [0.25, 0.3) is 43.8 Å². The van der Waals surface area contributed by atoms with E-state index in [-0.39, 0.29) is 0 Å². The normalized spacial score (nSPS) is 11.5. The quantitative estimate of drug-likeness (QED) is 0.476. The van der Waals surface area contributed by atoms with Gasteiger partial charge in [-0.1, -0.05) is 42.5 Å². The van der Waals surface area contributed by atoms with E-state index in [2.05, 4.69) is 69.5 Å². The second-order valence-corrected chi connectivity index (χ2v) is 5.69. The molecule has 108 valence electrons. The summed E-state index contributed by atoms with van der Waals surface area (Å²) in [6.45, 7) is 0. The predicted octanol–water partition coefficient (Wildman–Crippen LogP) is 4.93. The summed E-state index contributed by atoms with van der Waals surface area (Å²) in [6.07, 6.45) is 5.20. The summed E-state index contributed by atoms with van der Waals surface area (Å²) in [5.74, 6) is 0. The van der Waals surface area contributed by atoms with Crippen LogP contribution >= 0.6 is 0 Å². The highest BCUT2D eigenvalue weighted by Gasteiger charge is 2.09. The number of H-pyrrole nitrogens is 1. The number of nitrogens with one attached hydrogen (secondary N) is 1. The number of aromatic amines is 1. The van der Waals surface area contributed by atoms with Crippen LogP contribution < -0.4 is 0 Å². The maximum atomic E-state index is 4.38. The molecule has 3 heteroatoms. The van der Waals surface area contributed by atoms with Crippen LogP contribution in [0.1, 0.15) is 0 Å². The van der Waals surface area contributed by atoms with Gasteiger partial charge in [0, 0.05) is 39.8 Å². The molecule has 0 radical (unpaired) electrons. The maximum Gasteiger partial charge on any atom is 0.0885 e. The first-order valence-corrected chi connectivity index (χ1v) is 7.60. The number of hydrogen-bond donors (Lipinski definition) is 1. The minimum atomic E-state index is 0.887.